The molecule has 0 radical (unpaired) electrons. The smallest absolute Gasteiger partial charge is 0.258 e. The van der Waals surface area contributed by atoms with Crippen LogP contribution in [0.15, 0.2) is 28.8 Å². The molecule has 0 bridgehead atoms. The lowest BCUT2D eigenvalue weighted by atomic mass is 10.1. The Morgan fingerprint density at radius 2 is 1.88 bits per heavy atom. The van der Waals surface area contributed by atoms with Gasteiger partial charge in [-0.05, 0) is 38.1 Å². The van der Waals surface area contributed by atoms with Crippen LogP contribution in [0, 0.1) is 0 Å². The molecular formula is C12H15N3O2. The molecule has 0 amide bonds. The standard InChI is InChI=1S/C12H15N3O2/c1-12(2,16-3)11-14-10(17-15-11)8-4-6-9(13)7-5-8/h4-7H,13H2,1-3H3. The number of rotatable bonds is 3. The topological polar surface area (TPSA) is 74.2 Å². The molecule has 0 saturated heterocycles. The third-order valence-corrected chi connectivity index (χ3v) is 2.63. The normalized spacial score (nSPS) is 11.7. The summed E-state index contributed by atoms with van der Waals surface area (Å²) in [5.41, 5.74) is 6.59. The van der Waals surface area contributed by atoms with Gasteiger partial charge in [0.05, 0.1) is 0 Å². The molecular weight excluding hydrogens is 218 g/mol. The van der Waals surface area contributed by atoms with E-state index < -0.39 is 5.60 Å². The van der Waals surface area contributed by atoms with Gasteiger partial charge < -0.3 is 15.0 Å². The number of nitrogen functional groups attached to an aromatic ring is 1. The predicted octanol–water partition coefficient (Wildman–Crippen LogP) is 2.20. The van der Waals surface area contributed by atoms with Crippen LogP contribution in [-0.4, -0.2) is 17.3 Å². The Morgan fingerprint density at radius 3 is 2.47 bits per heavy atom. The minimum absolute atomic E-state index is 0.463. The van der Waals surface area contributed by atoms with E-state index in [9.17, 15) is 0 Å². The van der Waals surface area contributed by atoms with Gasteiger partial charge >= 0.3 is 0 Å². The van der Waals surface area contributed by atoms with Crippen LogP contribution in [0.5, 0.6) is 0 Å². The summed E-state index contributed by atoms with van der Waals surface area (Å²) in [5, 5.41) is 3.92. The van der Waals surface area contributed by atoms with E-state index >= 15 is 0 Å². The summed E-state index contributed by atoms with van der Waals surface area (Å²) in [7, 11) is 1.61. The lowest BCUT2D eigenvalue weighted by Crippen LogP contribution is -2.21. The third-order valence-electron chi connectivity index (χ3n) is 2.63. The molecule has 1 heterocycles. The molecule has 2 aromatic rings. The van der Waals surface area contributed by atoms with E-state index in [2.05, 4.69) is 10.1 Å². The molecule has 0 aliphatic rings. The molecule has 0 aliphatic heterocycles. The number of hydrogen-bond donors (Lipinski definition) is 1. The van der Waals surface area contributed by atoms with Gasteiger partial charge in [-0.15, -0.1) is 0 Å². The van der Waals surface area contributed by atoms with Crippen molar-refractivity contribution in [1.82, 2.24) is 10.1 Å². The first kappa shape index (κ1) is 11.6. The van der Waals surface area contributed by atoms with Crippen LogP contribution >= 0.6 is 0 Å². The SMILES string of the molecule is COC(C)(C)c1noc(-c2ccc(N)cc2)n1. The highest BCUT2D eigenvalue weighted by molar-refractivity contribution is 5.56. The highest BCUT2D eigenvalue weighted by Crippen LogP contribution is 2.24. The number of benzene rings is 1. The second kappa shape index (κ2) is 4.18. The summed E-state index contributed by atoms with van der Waals surface area (Å²) in [6.07, 6.45) is 0. The Bertz CT molecular complexity index is 503. The molecule has 2 N–H and O–H groups in total. The molecule has 0 spiro atoms. The molecule has 5 nitrogen and oxygen atoms in total. The maximum Gasteiger partial charge on any atom is 0.258 e. The lowest BCUT2D eigenvalue weighted by molar-refractivity contribution is 0.00973. The van der Waals surface area contributed by atoms with Crippen molar-refractivity contribution in [2.45, 2.75) is 19.4 Å². The van der Waals surface area contributed by atoms with Crippen molar-refractivity contribution in [2.75, 3.05) is 12.8 Å². The van der Waals surface area contributed by atoms with Crippen molar-refractivity contribution in [3.8, 4) is 11.5 Å². The van der Waals surface area contributed by atoms with Crippen LogP contribution in [0.1, 0.15) is 19.7 Å². The van der Waals surface area contributed by atoms with Crippen molar-refractivity contribution in [1.29, 1.82) is 0 Å². The number of nitrogens with zero attached hydrogens (tertiary/aromatic N) is 2. The van der Waals surface area contributed by atoms with Crippen LogP contribution < -0.4 is 5.73 Å². The van der Waals surface area contributed by atoms with Gasteiger partial charge in [-0.2, -0.15) is 4.98 Å². The fourth-order valence-electron chi connectivity index (χ4n) is 1.30. The molecule has 0 saturated carbocycles. The van der Waals surface area contributed by atoms with E-state index in [1.54, 1.807) is 19.2 Å². The molecule has 0 fully saturated rings. The van der Waals surface area contributed by atoms with Gasteiger partial charge in [0.15, 0.2) is 0 Å². The minimum atomic E-state index is -0.560. The van der Waals surface area contributed by atoms with Crippen molar-refractivity contribution in [2.24, 2.45) is 0 Å². The van der Waals surface area contributed by atoms with Crippen molar-refractivity contribution in [3.05, 3.63) is 30.1 Å². The summed E-state index contributed by atoms with van der Waals surface area (Å²) in [4.78, 5) is 4.31. The van der Waals surface area contributed by atoms with Crippen molar-refractivity contribution < 1.29 is 9.26 Å². The van der Waals surface area contributed by atoms with E-state index in [1.807, 2.05) is 26.0 Å². The summed E-state index contributed by atoms with van der Waals surface area (Å²) in [6.45, 7) is 3.76. The fourth-order valence-corrected chi connectivity index (χ4v) is 1.30. The summed E-state index contributed by atoms with van der Waals surface area (Å²) >= 11 is 0. The zero-order valence-electron chi connectivity index (χ0n) is 10.1. The quantitative estimate of drug-likeness (QED) is 0.822. The second-order valence-corrected chi connectivity index (χ2v) is 4.26. The zero-order valence-corrected chi connectivity index (χ0v) is 10.1. The second-order valence-electron chi connectivity index (χ2n) is 4.26. The van der Waals surface area contributed by atoms with E-state index in [0.29, 0.717) is 17.4 Å². The van der Waals surface area contributed by atoms with Gasteiger partial charge in [0.1, 0.15) is 5.60 Å². The zero-order chi connectivity index (χ0) is 12.5. The van der Waals surface area contributed by atoms with Crippen LogP contribution in [-0.2, 0) is 10.3 Å². The summed E-state index contributed by atoms with van der Waals surface area (Å²) in [6, 6.07) is 7.26. The molecule has 1 aromatic heterocycles. The van der Waals surface area contributed by atoms with Gasteiger partial charge in [0.2, 0.25) is 5.82 Å². The van der Waals surface area contributed by atoms with Crippen LogP contribution in [0.2, 0.25) is 0 Å². The molecule has 90 valence electrons. The number of hydrogen-bond acceptors (Lipinski definition) is 5. The molecule has 5 heteroatoms. The first-order valence-electron chi connectivity index (χ1n) is 5.28. The van der Waals surface area contributed by atoms with E-state index in [0.717, 1.165) is 5.56 Å². The first-order valence-corrected chi connectivity index (χ1v) is 5.28. The Balaban J connectivity index is 2.33. The highest BCUT2D eigenvalue weighted by atomic mass is 16.5. The van der Waals surface area contributed by atoms with E-state index in [-0.39, 0.29) is 0 Å². The third kappa shape index (κ3) is 2.29. The van der Waals surface area contributed by atoms with Crippen LogP contribution in [0.3, 0.4) is 0 Å². The van der Waals surface area contributed by atoms with Crippen molar-refractivity contribution in [3.63, 3.8) is 0 Å². The Labute approximate surface area is 99.6 Å². The molecule has 2 rings (SSSR count). The number of methoxy groups -OCH3 is 1. The monoisotopic (exact) mass is 233 g/mol. The van der Waals surface area contributed by atoms with Crippen molar-refractivity contribution >= 4 is 5.69 Å². The minimum Gasteiger partial charge on any atom is -0.399 e. The van der Waals surface area contributed by atoms with E-state index in [1.165, 1.54) is 0 Å². The first-order chi connectivity index (χ1) is 8.03. The summed E-state index contributed by atoms with van der Waals surface area (Å²) in [5.74, 6) is 0.983. The summed E-state index contributed by atoms with van der Waals surface area (Å²) < 4.78 is 10.5. The average Bonchev–Trinajstić information content (AvgIpc) is 2.80. The number of anilines is 1. The largest absolute Gasteiger partial charge is 0.399 e. The molecule has 17 heavy (non-hydrogen) atoms. The molecule has 1 aromatic carbocycles. The molecule has 0 aliphatic carbocycles. The predicted molar refractivity (Wildman–Crippen MR) is 64.2 cm³/mol. The van der Waals surface area contributed by atoms with Gasteiger partial charge in [-0.25, -0.2) is 0 Å². The fraction of sp³-hybridized carbons (Fsp3) is 0.333. The van der Waals surface area contributed by atoms with Gasteiger partial charge in [0, 0.05) is 18.4 Å². The maximum absolute atomic E-state index is 5.61. The molecule has 0 atom stereocenters. The van der Waals surface area contributed by atoms with Gasteiger partial charge in [0.25, 0.3) is 5.89 Å². The van der Waals surface area contributed by atoms with Crippen LogP contribution in [0.25, 0.3) is 11.5 Å². The highest BCUT2D eigenvalue weighted by Gasteiger charge is 2.26. The van der Waals surface area contributed by atoms with Gasteiger partial charge in [-0.1, -0.05) is 5.16 Å². The Kier molecular flexibility index (Phi) is 2.85. The number of nitrogens with two attached hydrogens (primary N) is 1. The lowest BCUT2D eigenvalue weighted by Gasteiger charge is -2.17. The number of aromatic nitrogens is 2. The maximum atomic E-state index is 5.61. The van der Waals surface area contributed by atoms with Gasteiger partial charge in [-0.3, -0.25) is 0 Å². The molecule has 0 unspecified atom stereocenters. The van der Waals surface area contributed by atoms with Crippen LogP contribution in [0.4, 0.5) is 5.69 Å². The average molecular weight is 233 g/mol. The Morgan fingerprint density at radius 1 is 1.24 bits per heavy atom. The number of ether oxygens (including phenoxy) is 1. The van der Waals surface area contributed by atoms with E-state index in [4.69, 9.17) is 15.0 Å². The Hall–Kier alpha value is -1.88.